The minimum Gasteiger partial charge on any atom is -0.332 e. The average Bonchev–Trinajstić information content (AvgIpc) is 3.10. The van der Waals surface area contributed by atoms with Crippen LogP contribution in [0.1, 0.15) is 31.4 Å². The molecule has 6 nitrogen and oxygen atoms in total. The maximum Gasteiger partial charge on any atom is 0.318 e. The summed E-state index contributed by atoms with van der Waals surface area (Å²) in [4.78, 5) is 16.5. The average molecular weight is 337 g/mol. The van der Waals surface area contributed by atoms with Crippen LogP contribution in [0.15, 0.2) is 30.6 Å². The Morgan fingerprint density at radius 2 is 2.24 bits per heavy atom. The number of urea groups is 1. The molecule has 0 radical (unpaired) electrons. The number of nitrogens with zero attached hydrogens (tertiary/aromatic N) is 4. The van der Waals surface area contributed by atoms with Gasteiger partial charge in [-0.2, -0.15) is 5.26 Å². The summed E-state index contributed by atoms with van der Waals surface area (Å²) in [5, 5.41) is 12.7. The van der Waals surface area contributed by atoms with Crippen LogP contribution >= 0.6 is 0 Å². The number of nitrogens with one attached hydrogen (secondary N) is 1. The van der Waals surface area contributed by atoms with E-state index >= 15 is 0 Å². The van der Waals surface area contributed by atoms with Crippen LogP contribution in [0.4, 0.5) is 4.79 Å². The maximum atomic E-state index is 12.2. The van der Waals surface area contributed by atoms with Gasteiger partial charge in [0.25, 0.3) is 0 Å². The van der Waals surface area contributed by atoms with Crippen molar-refractivity contribution in [3.63, 3.8) is 0 Å². The Morgan fingerprint density at radius 3 is 3.00 bits per heavy atom. The summed E-state index contributed by atoms with van der Waals surface area (Å²) in [5.41, 5.74) is 2.76. The summed E-state index contributed by atoms with van der Waals surface area (Å²) < 4.78 is 2.01. The molecule has 4 heterocycles. The molecule has 25 heavy (non-hydrogen) atoms. The number of piperidine rings is 1. The van der Waals surface area contributed by atoms with Crippen molar-refractivity contribution in [2.75, 3.05) is 13.1 Å². The second-order valence-corrected chi connectivity index (χ2v) is 7.28. The summed E-state index contributed by atoms with van der Waals surface area (Å²) in [6.45, 7) is 6.65. The Kier molecular flexibility index (Phi) is 3.89. The lowest BCUT2D eigenvalue weighted by atomic mass is 9.98. The van der Waals surface area contributed by atoms with Gasteiger partial charge in [-0.15, -0.1) is 0 Å². The molecule has 0 spiro atoms. The standard InChI is InChI=1S/C19H23N5O/c1-13(2)24-18-6-8-22(12-16(18)21-19(24)25)10-14-11-23-7-4-3-5-17(23)15(14)9-20/h3-5,7,11,13,16,18H,6,8,10,12H2,1-2H3,(H,21,25)/t16-,18+/m1/s1. The summed E-state index contributed by atoms with van der Waals surface area (Å²) in [6.07, 6.45) is 4.99. The van der Waals surface area contributed by atoms with Gasteiger partial charge < -0.3 is 14.6 Å². The van der Waals surface area contributed by atoms with Crippen LogP contribution in [0.2, 0.25) is 0 Å². The van der Waals surface area contributed by atoms with Crippen molar-refractivity contribution in [1.29, 1.82) is 5.26 Å². The zero-order chi connectivity index (χ0) is 17.6. The number of hydrogen-bond acceptors (Lipinski definition) is 3. The third-order valence-corrected chi connectivity index (χ3v) is 5.39. The number of rotatable bonds is 3. The molecule has 2 amide bonds. The van der Waals surface area contributed by atoms with Crippen molar-refractivity contribution in [2.45, 2.75) is 44.9 Å². The molecule has 2 aromatic rings. The molecule has 2 aliphatic rings. The lowest BCUT2D eigenvalue weighted by Gasteiger charge is -2.37. The van der Waals surface area contributed by atoms with Gasteiger partial charge in [0, 0.05) is 43.6 Å². The summed E-state index contributed by atoms with van der Waals surface area (Å²) >= 11 is 0. The van der Waals surface area contributed by atoms with Crippen molar-refractivity contribution >= 4 is 11.5 Å². The minimum absolute atomic E-state index is 0.0548. The van der Waals surface area contributed by atoms with E-state index in [2.05, 4.69) is 30.1 Å². The number of pyridine rings is 1. The Labute approximate surface area is 147 Å². The van der Waals surface area contributed by atoms with Gasteiger partial charge >= 0.3 is 6.03 Å². The fourth-order valence-corrected chi connectivity index (χ4v) is 4.29. The summed E-state index contributed by atoms with van der Waals surface area (Å²) in [6, 6.07) is 9.00. The maximum absolute atomic E-state index is 12.2. The highest BCUT2D eigenvalue weighted by Crippen LogP contribution is 2.27. The second-order valence-electron chi connectivity index (χ2n) is 7.28. The van der Waals surface area contributed by atoms with E-state index in [-0.39, 0.29) is 24.2 Å². The van der Waals surface area contributed by atoms with Gasteiger partial charge in [-0.1, -0.05) is 6.07 Å². The van der Waals surface area contributed by atoms with Gasteiger partial charge in [-0.05, 0) is 32.4 Å². The molecule has 0 saturated carbocycles. The van der Waals surface area contributed by atoms with Crippen molar-refractivity contribution in [3.05, 3.63) is 41.7 Å². The monoisotopic (exact) mass is 337 g/mol. The van der Waals surface area contributed by atoms with Crippen LogP contribution in [0.5, 0.6) is 0 Å². The molecule has 0 aliphatic carbocycles. The third kappa shape index (κ3) is 2.65. The molecule has 130 valence electrons. The van der Waals surface area contributed by atoms with Crippen molar-refractivity contribution in [3.8, 4) is 6.07 Å². The van der Waals surface area contributed by atoms with Crippen LogP contribution in [0, 0.1) is 11.3 Å². The van der Waals surface area contributed by atoms with E-state index in [0.717, 1.165) is 42.7 Å². The number of likely N-dealkylation sites (tertiary alicyclic amines) is 1. The minimum atomic E-state index is 0.0548. The van der Waals surface area contributed by atoms with Gasteiger partial charge in [0.1, 0.15) is 6.07 Å². The van der Waals surface area contributed by atoms with E-state index in [1.165, 1.54) is 0 Å². The smallest absolute Gasteiger partial charge is 0.318 e. The number of hydrogen-bond donors (Lipinski definition) is 1. The molecule has 1 N–H and O–H groups in total. The molecule has 2 aliphatic heterocycles. The predicted octanol–water partition coefficient (Wildman–Crippen LogP) is 2.19. The Balaban J connectivity index is 1.53. The van der Waals surface area contributed by atoms with Gasteiger partial charge in [0.2, 0.25) is 0 Å². The number of carbonyl (C=O) groups is 1. The number of aromatic nitrogens is 1. The zero-order valence-corrected chi connectivity index (χ0v) is 14.6. The van der Waals surface area contributed by atoms with Crippen LogP contribution in [-0.4, -0.2) is 51.4 Å². The van der Waals surface area contributed by atoms with Gasteiger partial charge in [0.15, 0.2) is 0 Å². The summed E-state index contributed by atoms with van der Waals surface area (Å²) in [7, 11) is 0. The van der Waals surface area contributed by atoms with Gasteiger partial charge in [-0.25, -0.2) is 4.79 Å². The van der Waals surface area contributed by atoms with E-state index in [4.69, 9.17) is 0 Å². The molecule has 2 atom stereocenters. The van der Waals surface area contributed by atoms with E-state index in [1.54, 1.807) is 0 Å². The molecule has 0 bridgehead atoms. The van der Waals surface area contributed by atoms with Gasteiger partial charge in [0.05, 0.1) is 23.2 Å². The van der Waals surface area contributed by atoms with Gasteiger partial charge in [-0.3, -0.25) is 4.90 Å². The fraction of sp³-hybridized carbons (Fsp3) is 0.474. The SMILES string of the molecule is CC(C)N1C(=O)N[C@@H]2CN(Cc3cn4ccccc4c3C#N)CC[C@@H]21. The molecule has 0 unspecified atom stereocenters. The predicted molar refractivity (Wildman–Crippen MR) is 95.1 cm³/mol. The largest absolute Gasteiger partial charge is 0.332 e. The normalized spacial score (nSPS) is 23.8. The molecule has 0 aromatic carbocycles. The molecule has 2 saturated heterocycles. The van der Waals surface area contributed by atoms with E-state index < -0.39 is 0 Å². The van der Waals surface area contributed by atoms with Crippen LogP contribution in [0.3, 0.4) is 0 Å². The lowest BCUT2D eigenvalue weighted by Crippen LogP contribution is -2.51. The molecular weight excluding hydrogens is 314 g/mol. The lowest BCUT2D eigenvalue weighted by molar-refractivity contribution is 0.122. The zero-order valence-electron chi connectivity index (χ0n) is 14.6. The molecule has 6 heteroatoms. The number of nitriles is 1. The van der Waals surface area contributed by atoms with Crippen LogP contribution < -0.4 is 5.32 Å². The Hall–Kier alpha value is -2.52. The second kappa shape index (κ2) is 6.08. The van der Waals surface area contributed by atoms with Crippen LogP contribution in [-0.2, 0) is 6.54 Å². The first kappa shape index (κ1) is 16.0. The topological polar surface area (TPSA) is 63.8 Å². The first-order valence-corrected chi connectivity index (χ1v) is 8.88. The first-order chi connectivity index (χ1) is 12.1. The van der Waals surface area contributed by atoms with E-state index in [0.29, 0.717) is 0 Å². The molecule has 4 rings (SSSR count). The first-order valence-electron chi connectivity index (χ1n) is 8.88. The van der Waals surface area contributed by atoms with Crippen molar-refractivity contribution < 1.29 is 4.79 Å². The number of carbonyl (C=O) groups excluding carboxylic acids is 1. The van der Waals surface area contributed by atoms with E-state index in [9.17, 15) is 10.1 Å². The third-order valence-electron chi connectivity index (χ3n) is 5.39. The van der Waals surface area contributed by atoms with Crippen molar-refractivity contribution in [1.82, 2.24) is 19.5 Å². The number of amides is 2. The van der Waals surface area contributed by atoms with E-state index in [1.807, 2.05) is 39.9 Å². The fourth-order valence-electron chi connectivity index (χ4n) is 4.29. The number of fused-ring (bicyclic) bond motifs is 2. The molecular formula is C19H23N5O. The highest BCUT2D eigenvalue weighted by atomic mass is 16.2. The summed E-state index contributed by atoms with van der Waals surface area (Å²) in [5.74, 6) is 0. The molecule has 2 fully saturated rings. The highest BCUT2D eigenvalue weighted by Gasteiger charge is 2.43. The molecule has 2 aromatic heterocycles. The van der Waals surface area contributed by atoms with Crippen LogP contribution in [0.25, 0.3) is 5.52 Å². The highest BCUT2D eigenvalue weighted by molar-refractivity contribution is 5.78. The quantitative estimate of drug-likeness (QED) is 0.934. The Morgan fingerprint density at radius 1 is 1.40 bits per heavy atom. The Bertz CT molecular complexity index is 849. The van der Waals surface area contributed by atoms with Crippen molar-refractivity contribution in [2.24, 2.45) is 0 Å².